The normalized spacial score (nSPS) is 9.40. The van der Waals surface area contributed by atoms with Crippen LogP contribution in [0.2, 0.25) is 0 Å². The molecule has 78 valence electrons. The average Bonchev–Trinajstić information content (AvgIpc) is 2.29. The minimum Gasteiger partial charge on any atom is -0.483 e. The van der Waals surface area contributed by atoms with Crippen molar-refractivity contribution >= 4 is 40.9 Å². The third kappa shape index (κ3) is 2.85. The van der Waals surface area contributed by atoms with Gasteiger partial charge in [0.15, 0.2) is 12.6 Å². The number of benzene rings is 1. The molecule has 4 nitrogen and oxygen atoms in total. The topological polar surface area (TPSA) is 60.4 Å². The van der Waals surface area contributed by atoms with Crippen LogP contribution in [0.3, 0.4) is 0 Å². The predicted octanol–water partition coefficient (Wildman–Crippen LogP) is 1.65. The van der Waals surface area contributed by atoms with Crippen molar-refractivity contribution in [3.05, 3.63) is 29.3 Å². The molecule has 0 saturated carbocycles. The third-order valence-electron chi connectivity index (χ3n) is 1.74. The van der Waals surface area contributed by atoms with Crippen molar-refractivity contribution in [1.29, 1.82) is 0 Å². The molecule has 0 fully saturated rings. The summed E-state index contributed by atoms with van der Waals surface area (Å²) >= 11 is 1.99. The minimum absolute atomic E-state index is 0.188. The van der Waals surface area contributed by atoms with Crippen molar-refractivity contribution in [2.24, 2.45) is 0 Å². The monoisotopic (exact) mass is 318 g/mol. The molecule has 1 aromatic carbocycles. The predicted molar refractivity (Wildman–Crippen MR) is 61.7 cm³/mol. The first kappa shape index (κ1) is 11.8. The number of halogens is 1. The SMILES string of the molecule is O=CC(=O)c1ccc(OCI)c(C=O)c1. The van der Waals surface area contributed by atoms with Crippen molar-refractivity contribution in [3.8, 4) is 5.75 Å². The second-order valence-electron chi connectivity index (χ2n) is 2.61. The fourth-order valence-electron chi connectivity index (χ4n) is 1.05. The first-order valence-electron chi connectivity index (χ1n) is 4.00. The van der Waals surface area contributed by atoms with Gasteiger partial charge in [-0.15, -0.1) is 0 Å². The molecule has 5 heteroatoms. The summed E-state index contributed by atoms with van der Waals surface area (Å²) in [6.07, 6.45) is 0.798. The molecular formula is C10H7IO4. The maximum atomic E-state index is 11.0. The van der Waals surface area contributed by atoms with E-state index >= 15 is 0 Å². The van der Waals surface area contributed by atoms with Gasteiger partial charge in [0, 0.05) is 5.56 Å². The number of ether oxygens (including phenoxy) is 1. The van der Waals surface area contributed by atoms with Crippen molar-refractivity contribution < 1.29 is 19.1 Å². The van der Waals surface area contributed by atoms with Crippen LogP contribution in [0.5, 0.6) is 5.75 Å². The minimum atomic E-state index is -0.654. The zero-order chi connectivity index (χ0) is 11.3. The molecule has 0 unspecified atom stereocenters. The van der Waals surface area contributed by atoms with Crippen LogP contribution in [-0.4, -0.2) is 23.0 Å². The van der Waals surface area contributed by atoms with Crippen LogP contribution in [0.4, 0.5) is 0 Å². The molecule has 0 spiro atoms. The van der Waals surface area contributed by atoms with Gasteiger partial charge in [-0.1, -0.05) is 0 Å². The Balaban J connectivity index is 3.12. The molecule has 0 aromatic heterocycles. The maximum Gasteiger partial charge on any atom is 0.225 e. The van der Waals surface area contributed by atoms with Crippen LogP contribution in [0.25, 0.3) is 0 Å². The van der Waals surface area contributed by atoms with Gasteiger partial charge in [-0.2, -0.15) is 0 Å². The Kier molecular flexibility index (Phi) is 4.41. The molecule has 0 amide bonds. The molecular weight excluding hydrogens is 311 g/mol. The number of alkyl halides is 1. The number of aldehydes is 2. The van der Waals surface area contributed by atoms with Crippen LogP contribution in [-0.2, 0) is 4.79 Å². The average molecular weight is 318 g/mol. The summed E-state index contributed by atoms with van der Waals surface area (Å²) in [4.78, 5) is 32.0. The zero-order valence-electron chi connectivity index (χ0n) is 7.60. The number of carbonyl (C=O) groups excluding carboxylic acids is 3. The fourth-order valence-corrected chi connectivity index (χ4v) is 1.39. The number of Topliss-reactive ketones (excluding diaryl/α,β-unsaturated/α-hetero) is 1. The lowest BCUT2D eigenvalue weighted by Gasteiger charge is -2.05. The van der Waals surface area contributed by atoms with Gasteiger partial charge in [0.2, 0.25) is 5.78 Å². The van der Waals surface area contributed by atoms with E-state index in [-0.39, 0.29) is 17.4 Å². The maximum absolute atomic E-state index is 11.0. The molecule has 0 aliphatic heterocycles. The Labute approximate surface area is 99.8 Å². The van der Waals surface area contributed by atoms with Crippen molar-refractivity contribution in [2.45, 2.75) is 0 Å². The number of rotatable bonds is 5. The second kappa shape index (κ2) is 5.59. The third-order valence-corrected chi connectivity index (χ3v) is 2.05. The standard InChI is InChI=1S/C10H7IO4/c11-6-15-10-2-1-7(9(14)5-13)3-8(10)4-12/h1-5H,6H2. The van der Waals surface area contributed by atoms with Crippen LogP contribution in [0.1, 0.15) is 20.7 Å². The molecule has 0 radical (unpaired) electrons. The molecule has 0 N–H and O–H groups in total. The molecule has 1 aromatic rings. The quantitative estimate of drug-likeness (QED) is 0.272. The second-order valence-corrected chi connectivity index (χ2v) is 3.23. The Bertz CT molecular complexity index is 400. The molecule has 15 heavy (non-hydrogen) atoms. The molecule has 0 aliphatic rings. The van der Waals surface area contributed by atoms with Crippen LogP contribution >= 0.6 is 22.6 Å². The molecule has 0 bridgehead atoms. The largest absolute Gasteiger partial charge is 0.483 e. The highest BCUT2D eigenvalue weighted by Gasteiger charge is 2.08. The number of hydrogen-bond donors (Lipinski definition) is 0. The Morgan fingerprint density at radius 2 is 2.13 bits per heavy atom. The van der Waals surface area contributed by atoms with E-state index < -0.39 is 5.78 Å². The van der Waals surface area contributed by atoms with E-state index in [2.05, 4.69) is 0 Å². The van der Waals surface area contributed by atoms with Crippen molar-refractivity contribution in [2.75, 3.05) is 4.61 Å². The molecule has 0 saturated heterocycles. The van der Waals surface area contributed by atoms with Gasteiger partial charge in [0.25, 0.3) is 0 Å². The first-order chi connectivity index (χ1) is 7.22. The van der Waals surface area contributed by atoms with Crippen LogP contribution in [0, 0.1) is 0 Å². The van der Waals surface area contributed by atoms with Gasteiger partial charge in [-0.25, -0.2) is 0 Å². The Morgan fingerprint density at radius 3 is 2.67 bits per heavy atom. The molecule has 1 rings (SSSR count). The van der Waals surface area contributed by atoms with E-state index in [0.717, 1.165) is 0 Å². The lowest BCUT2D eigenvalue weighted by atomic mass is 10.1. The van der Waals surface area contributed by atoms with Gasteiger partial charge in [0.1, 0.15) is 10.4 Å². The van der Waals surface area contributed by atoms with Gasteiger partial charge >= 0.3 is 0 Å². The fraction of sp³-hybridized carbons (Fsp3) is 0.100. The van der Waals surface area contributed by atoms with E-state index in [1.54, 1.807) is 0 Å². The van der Waals surface area contributed by atoms with Gasteiger partial charge in [-0.3, -0.25) is 14.4 Å². The van der Waals surface area contributed by atoms with E-state index in [1.807, 2.05) is 22.6 Å². The molecule has 0 aliphatic carbocycles. The smallest absolute Gasteiger partial charge is 0.225 e. The lowest BCUT2D eigenvalue weighted by Crippen LogP contribution is -2.02. The number of carbonyl (C=O) groups is 3. The molecule has 0 heterocycles. The van der Waals surface area contributed by atoms with E-state index in [9.17, 15) is 14.4 Å². The summed E-state index contributed by atoms with van der Waals surface area (Å²) in [5.74, 6) is -0.249. The summed E-state index contributed by atoms with van der Waals surface area (Å²) in [5, 5.41) is 0. The summed E-state index contributed by atoms with van der Waals surface area (Å²) in [7, 11) is 0. The van der Waals surface area contributed by atoms with Crippen molar-refractivity contribution in [1.82, 2.24) is 0 Å². The number of ketones is 1. The van der Waals surface area contributed by atoms with E-state index in [1.165, 1.54) is 18.2 Å². The number of hydrogen-bond acceptors (Lipinski definition) is 4. The highest BCUT2D eigenvalue weighted by molar-refractivity contribution is 14.1. The summed E-state index contributed by atoms with van der Waals surface area (Å²) in [5.41, 5.74) is 0.451. The van der Waals surface area contributed by atoms with Gasteiger partial charge < -0.3 is 4.74 Å². The highest BCUT2D eigenvalue weighted by Crippen LogP contribution is 2.19. The first-order valence-corrected chi connectivity index (χ1v) is 5.53. The van der Waals surface area contributed by atoms with E-state index in [0.29, 0.717) is 16.6 Å². The summed E-state index contributed by atoms with van der Waals surface area (Å²) < 4.78 is 5.55. The van der Waals surface area contributed by atoms with Crippen LogP contribution < -0.4 is 4.74 Å². The van der Waals surface area contributed by atoms with Crippen molar-refractivity contribution in [3.63, 3.8) is 0 Å². The highest BCUT2D eigenvalue weighted by atomic mass is 127. The molecule has 0 atom stereocenters. The van der Waals surface area contributed by atoms with E-state index in [4.69, 9.17) is 4.74 Å². The Hall–Kier alpha value is -1.24. The summed E-state index contributed by atoms with van der Waals surface area (Å²) in [6.45, 7) is 0. The summed E-state index contributed by atoms with van der Waals surface area (Å²) in [6, 6.07) is 4.29. The van der Waals surface area contributed by atoms with Gasteiger partial charge in [-0.05, 0) is 40.8 Å². The lowest BCUT2D eigenvalue weighted by molar-refractivity contribution is -0.104. The zero-order valence-corrected chi connectivity index (χ0v) is 9.76. The van der Waals surface area contributed by atoms with Crippen LogP contribution in [0.15, 0.2) is 18.2 Å². The van der Waals surface area contributed by atoms with Gasteiger partial charge in [0.05, 0.1) is 5.56 Å². The Morgan fingerprint density at radius 1 is 1.40 bits per heavy atom.